The lowest BCUT2D eigenvalue weighted by Gasteiger charge is -2.21. The molecule has 0 aliphatic carbocycles. The molecule has 0 fully saturated rings. The average molecular weight is 234 g/mol. The fourth-order valence-corrected chi connectivity index (χ4v) is 1.96. The third-order valence-corrected chi connectivity index (χ3v) is 2.92. The SMILES string of the molecule is CC(C)NCc1ccc(CN2CC=CCC2)o1. The minimum atomic E-state index is 0.496. The molecule has 0 spiro atoms. The lowest BCUT2D eigenvalue weighted by atomic mass is 10.2. The van der Waals surface area contributed by atoms with Gasteiger partial charge < -0.3 is 9.73 Å². The van der Waals surface area contributed by atoms with Crippen LogP contribution in [-0.2, 0) is 13.1 Å². The van der Waals surface area contributed by atoms with Crippen LogP contribution >= 0.6 is 0 Å². The van der Waals surface area contributed by atoms with Crippen LogP contribution in [0, 0.1) is 0 Å². The zero-order valence-corrected chi connectivity index (χ0v) is 10.8. The van der Waals surface area contributed by atoms with Crippen molar-refractivity contribution >= 4 is 0 Å². The minimum absolute atomic E-state index is 0.496. The Labute approximate surface area is 103 Å². The molecule has 0 amide bonds. The van der Waals surface area contributed by atoms with Gasteiger partial charge in [0.05, 0.1) is 13.1 Å². The van der Waals surface area contributed by atoms with Crippen LogP contribution in [0.15, 0.2) is 28.7 Å². The fourth-order valence-electron chi connectivity index (χ4n) is 1.96. The molecule has 0 radical (unpaired) electrons. The quantitative estimate of drug-likeness (QED) is 0.794. The Bertz CT molecular complexity index is 368. The van der Waals surface area contributed by atoms with Crippen molar-refractivity contribution in [3.8, 4) is 0 Å². The highest BCUT2D eigenvalue weighted by Crippen LogP contribution is 2.12. The van der Waals surface area contributed by atoms with Gasteiger partial charge in [-0.1, -0.05) is 26.0 Å². The Kier molecular flexibility index (Phi) is 4.40. The molecule has 0 unspecified atom stereocenters. The molecule has 1 aromatic heterocycles. The van der Waals surface area contributed by atoms with Gasteiger partial charge in [-0.2, -0.15) is 0 Å². The van der Waals surface area contributed by atoms with Crippen molar-refractivity contribution in [3.05, 3.63) is 35.8 Å². The Hall–Kier alpha value is -1.06. The maximum Gasteiger partial charge on any atom is 0.118 e. The third-order valence-electron chi connectivity index (χ3n) is 2.92. The molecule has 3 nitrogen and oxygen atoms in total. The molecule has 2 heterocycles. The van der Waals surface area contributed by atoms with E-state index in [-0.39, 0.29) is 0 Å². The second kappa shape index (κ2) is 6.03. The molecule has 1 N–H and O–H groups in total. The van der Waals surface area contributed by atoms with Crippen LogP contribution in [0.4, 0.5) is 0 Å². The van der Waals surface area contributed by atoms with E-state index in [1.807, 2.05) is 0 Å². The van der Waals surface area contributed by atoms with Crippen LogP contribution < -0.4 is 5.32 Å². The smallest absolute Gasteiger partial charge is 0.118 e. The van der Waals surface area contributed by atoms with Gasteiger partial charge in [0.1, 0.15) is 11.5 Å². The molecule has 0 aromatic carbocycles. The zero-order valence-electron chi connectivity index (χ0n) is 10.8. The molecule has 1 aliphatic heterocycles. The molecule has 1 aromatic rings. The maximum absolute atomic E-state index is 5.81. The van der Waals surface area contributed by atoms with Crippen molar-refractivity contribution in [2.45, 2.75) is 39.4 Å². The van der Waals surface area contributed by atoms with Gasteiger partial charge in [-0.15, -0.1) is 0 Å². The number of hydrogen-bond acceptors (Lipinski definition) is 3. The Balaban J connectivity index is 1.83. The van der Waals surface area contributed by atoms with E-state index in [1.165, 1.54) is 0 Å². The number of hydrogen-bond donors (Lipinski definition) is 1. The first kappa shape index (κ1) is 12.4. The van der Waals surface area contributed by atoms with Gasteiger partial charge in [0.15, 0.2) is 0 Å². The number of nitrogens with zero attached hydrogens (tertiary/aromatic N) is 1. The van der Waals surface area contributed by atoms with Crippen LogP contribution in [0.1, 0.15) is 31.8 Å². The molecular formula is C14H22N2O. The van der Waals surface area contributed by atoms with Gasteiger partial charge in [0.2, 0.25) is 0 Å². The van der Waals surface area contributed by atoms with Gasteiger partial charge >= 0.3 is 0 Å². The molecule has 0 bridgehead atoms. The topological polar surface area (TPSA) is 28.4 Å². The highest BCUT2D eigenvalue weighted by Gasteiger charge is 2.09. The average Bonchev–Trinajstić information content (AvgIpc) is 2.75. The van der Waals surface area contributed by atoms with Crippen LogP contribution in [0.5, 0.6) is 0 Å². The summed E-state index contributed by atoms with van der Waals surface area (Å²) in [5.41, 5.74) is 0. The van der Waals surface area contributed by atoms with E-state index in [0.29, 0.717) is 6.04 Å². The monoisotopic (exact) mass is 234 g/mol. The Morgan fingerprint density at radius 2 is 2.12 bits per heavy atom. The predicted octanol–water partition coefficient (Wildman–Crippen LogP) is 2.54. The third kappa shape index (κ3) is 4.02. The van der Waals surface area contributed by atoms with Crippen LogP contribution in [0.2, 0.25) is 0 Å². The highest BCUT2D eigenvalue weighted by atomic mass is 16.3. The fraction of sp³-hybridized carbons (Fsp3) is 0.571. The standard InChI is InChI=1S/C14H22N2O/c1-12(2)15-10-13-6-7-14(17-13)11-16-8-4-3-5-9-16/h3-4,6-7,12,15H,5,8-11H2,1-2H3. The molecule has 0 saturated carbocycles. The lowest BCUT2D eigenvalue weighted by Crippen LogP contribution is -2.26. The minimum Gasteiger partial charge on any atom is -0.463 e. The number of rotatable bonds is 5. The van der Waals surface area contributed by atoms with E-state index >= 15 is 0 Å². The van der Waals surface area contributed by atoms with E-state index < -0.39 is 0 Å². The molecule has 94 valence electrons. The largest absolute Gasteiger partial charge is 0.463 e. The van der Waals surface area contributed by atoms with Gasteiger partial charge in [-0.25, -0.2) is 0 Å². The molecule has 0 atom stereocenters. The molecule has 1 aliphatic rings. The van der Waals surface area contributed by atoms with Crippen molar-refractivity contribution in [1.29, 1.82) is 0 Å². The molecule has 2 rings (SSSR count). The van der Waals surface area contributed by atoms with E-state index in [9.17, 15) is 0 Å². The van der Waals surface area contributed by atoms with Crippen LogP contribution in [0.25, 0.3) is 0 Å². The van der Waals surface area contributed by atoms with Crippen molar-refractivity contribution in [3.63, 3.8) is 0 Å². The maximum atomic E-state index is 5.81. The van der Waals surface area contributed by atoms with Crippen molar-refractivity contribution < 1.29 is 4.42 Å². The van der Waals surface area contributed by atoms with Gasteiger partial charge in [-0.05, 0) is 18.6 Å². The second-order valence-corrected chi connectivity index (χ2v) is 4.90. The molecule has 0 saturated heterocycles. The first-order valence-electron chi connectivity index (χ1n) is 6.42. The summed E-state index contributed by atoms with van der Waals surface area (Å²) < 4.78 is 5.81. The summed E-state index contributed by atoms with van der Waals surface area (Å²) in [7, 11) is 0. The first-order valence-corrected chi connectivity index (χ1v) is 6.42. The second-order valence-electron chi connectivity index (χ2n) is 4.90. The van der Waals surface area contributed by atoms with E-state index in [0.717, 1.165) is 44.1 Å². The summed E-state index contributed by atoms with van der Waals surface area (Å²) >= 11 is 0. The summed E-state index contributed by atoms with van der Waals surface area (Å²) in [5.74, 6) is 2.10. The van der Waals surface area contributed by atoms with Gasteiger partial charge in [0, 0.05) is 19.1 Å². The Morgan fingerprint density at radius 1 is 1.29 bits per heavy atom. The van der Waals surface area contributed by atoms with Crippen LogP contribution in [0.3, 0.4) is 0 Å². The summed E-state index contributed by atoms with van der Waals surface area (Å²) in [5, 5.41) is 3.36. The van der Waals surface area contributed by atoms with E-state index in [1.54, 1.807) is 0 Å². The van der Waals surface area contributed by atoms with Gasteiger partial charge in [0.25, 0.3) is 0 Å². The summed E-state index contributed by atoms with van der Waals surface area (Å²) in [6, 6.07) is 4.66. The zero-order chi connectivity index (χ0) is 12.1. The van der Waals surface area contributed by atoms with Crippen molar-refractivity contribution in [2.75, 3.05) is 13.1 Å². The van der Waals surface area contributed by atoms with Crippen LogP contribution in [-0.4, -0.2) is 24.0 Å². The molecular weight excluding hydrogens is 212 g/mol. The molecule has 17 heavy (non-hydrogen) atoms. The number of furan rings is 1. The highest BCUT2D eigenvalue weighted by molar-refractivity contribution is 5.07. The summed E-state index contributed by atoms with van der Waals surface area (Å²) in [6.45, 7) is 8.20. The predicted molar refractivity (Wildman–Crippen MR) is 69.7 cm³/mol. The normalized spacial score (nSPS) is 16.9. The summed E-state index contributed by atoms with van der Waals surface area (Å²) in [4.78, 5) is 2.40. The lowest BCUT2D eigenvalue weighted by molar-refractivity contribution is 0.260. The first-order chi connectivity index (χ1) is 8.24. The van der Waals surface area contributed by atoms with Crippen molar-refractivity contribution in [2.24, 2.45) is 0 Å². The summed E-state index contributed by atoms with van der Waals surface area (Å²) in [6.07, 6.45) is 5.63. The molecule has 3 heteroatoms. The van der Waals surface area contributed by atoms with Crippen molar-refractivity contribution in [1.82, 2.24) is 10.2 Å². The van der Waals surface area contributed by atoms with E-state index in [4.69, 9.17) is 4.42 Å². The van der Waals surface area contributed by atoms with E-state index in [2.05, 4.69) is 48.3 Å². The Morgan fingerprint density at radius 3 is 2.82 bits per heavy atom. The number of nitrogens with one attached hydrogen (secondary N) is 1. The van der Waals surface area contributed by atoms with Gasteiger partial charge in [-0.3, -0.25) is 4.90 Å².